The molecule has 0 radical (unpaired) electrons. The molecule has 1 aliphatic rings. The molecular formula is C11H13FN2O. The number of halogens is 1. The smallest absolute Gasteiger partial charge is 0.255 e. The fraction of sp³-hybridized carbons (Fsp3) is 0.455. The highest BCUT2D eigenvalue weighted by atomic mass is 19.1. The Hall–Kier alpha value is -1.45. The van der Waals surface area contributed by atoms with Crippen molar-refractivity contribution in [3.8, 4) is 0 Å². The van der Waals surface area contributed by atoms with Crippen LogP contribution in [0.4, 0.5) is 4.39 Å². The molecule has 0 bridgehead atoms. The Kier molecular flexibility index (Phi) is 2.94. The monoisotopic (exact) mass is 208 g/mol. The van der Waals surface area contributed by atoms with Crippen LogP contribution in [0.1, 0.15) is 29.6 Å². The molecule has 0 N–H and O–H groups in total. The zero-order valence-electron chi connectivity index (χ0n) is 8.45. The number of amides is 1. The second-order valence-corrected chi connectivity index (χ2v) is 3.72. The van der Waals surface area contributed by atoms with Gasteiger partial charge in [-0.3, -0.25) is 4.79 Å². The first-order valence-corrected chi connectivity index (χ1v) is 5.18. The molecule has 1 aromatic rings. The van der Waals surface area contributed by atoms with Gasteiger partial charge < -0.3 is 4.90 Å². The molecule has 1 saturated heterocycles. The van der Waals surface area contributed by atoms with Crippen LogP contribution >= 0.6 is 0 Å². The lowest BCUT2D eigenvalue weighted by atomic mass is 10.1. The van der Waals surface area contributed by atoms with Gasteiger partial charge in [-0.25, -0.2) is 4.98 Å². The zero-order valence-corrected chi connectivity index (χ0v) is 8.45. The minimum absolute atomic E-state index is 0.0396. The van der Waals surface area contributed by atoms with Crippen LogP contribution < -0.4 is 0 Å². The number of nitrogens with zero attached hydrogens (tertiary/aromatic N) is 2. The van der Waals surface area contributed by atoms with Crippen LogP contribution in [0.3, 0.4) is 0 Å². The molecule has 2 rings (SSSR count). The summed E-state index contributed by atoms with van der Waals surface area (Å²) >= 11 is 0. The molecule has 80 valence electrons. The van der Waals surface area contributed by atoms with Crippen molar-refractivity contribution in [1.82, 2.24) is 9.88 Å². The van der Waals surface area contributed by atoms with E-state index in [9.17, 15) is 9.18 Å². The Morgan fingerprint density at radius 1 is 1.27 bits per heavy atom. The third-order valence-corrected chi connectivity index (χ3v) is 2.62. The largest absolute Gasteiger partial charge is 0.339 e. The molecule has 1 fully saturated rings. The van der Waals surface area contributed by atoms with Crippen molar-refractivity contribution in [3.05, 3.63) is 29.8 Å². The molecule has 0 unspecified atom stereocenters. The van der Waals surface area contributed by atoms with E-state index in [1.165, 1.54) is 24.8 Å². The van der Waals surface area contributed by atoms with Gasteiger partial charge in [0.1, 0.15) is 0 Å². The van der Waals surface area contributed by atoms with E-state index < -0.39 is 5.95 Å². The van der Waals surface area contributed by atoms with Gasteiger partial charge in [0.05, 0.1) is 5.56 Å². The van der Waals surface area contributed by atoms with E-state index in [0.29, 0.717) is 5.56 Å². The minimum atomic E-state index is -0.551. The van der Waals surface area contributed by atoms with E-state index in [2.05, 4.69) is 4.98 Å². The van der Waals surface area contributed by atoms with Crippen molar-refractivity contribution in [2.75, 3.05) is 13.1 Å². The van der Waals surface area contributed by atoms with E-state index in [0.717, 1.165) is 25.9 Å². The van der Waals surface area contributed by atoms with Crippen molar-refractivity contribution >= 4 is 5.91 Å². The molecule has 3 nitrogen and oxygen atoms in total. The molecular weight excluding hydrogens is 195 g/mol. The first-order valence-electron chi connectivity index (χ1n) is 5.18. The number of rotatable bonds is 1. The first kappa shape index (κ1) is 10.1. The lowest BCUT2D eigenvalue weighted by molar-refractivity contribution is 0.0724. The van der Waals surface area contributed by atoms with Gasteiger partial charge in [0.15, 0.2) is 0 Å². The Bertz CT molecular complexity index is 344. The summed E-state index contributed by atoms with van der Waals surface area (Å²) in [4.78, 5) is 17.2. The van der Waals surface area contributed by atoms with Crippen molar-refractivity contribution in [1.29, 1.82) is 0 Å². The summed E-state index contributed by atoms with van der Waals surface area (Å²) in [6.07, 6.45) is 4.60. The summed E-state index contributed by atoms with van der Waals surface area (Å²) in [6.45, 7) is 1.60. The molecule has 0 aromatic carbocycles. The number of aromatic nitrogens is 1. The molecule has 1 aliphatic heterocycles. The van der Waals surface area contributed by atoms with Crippen LogP contribution in [0.5, 0.6) is 0 Å². The molecule has 0 spiro atoms. The second kappa shape index (κ2) is 4.38. The fourth-order valence-electron chi connectivity index (χ4n) is 1.78. The van der Waals surface area contributed by atoms with Crippen LogP contribution in [-0.2, 0) is 0 Å². The lowest BCUT2D eigenvalue weighted by Gasteiger charge is -2.26. The van der Waals surface area contributed by atoms with Gasteiger partial charge in [0, 0.05) is 19.3 Å². The maximum atomic E-state index is 12.6. The zero-order chi connectivity index (χ0) is 10.7. The van der Waals surface area contributed by atoms with Crippen LogP contribution in [0.2, 0.25) is 0 Å². The SMILES string of the molecule is O=C(c1ccc(F)nc1)N1CCCCC1. The highest BCUT2D eigenvalue weighted by molar-refractivity contribution is 5.93. The molecule has 2 heterocycles. The number of hydrogen-bond donors (Lipinski definition) is 0. The minimum Gasteiger partial charge on any atom is -0.339 e. The van der Waals surface area contributed by atoms with Gasteiger partial charge in [-0.15, -0.1) is 0 Å². The molecule has 15 heavy (non-hydrogen) atoms. The normalized spacial score (nSPS) is 16.5. The Labute approximate surface area is 87.9 Å². The van der Waals surface area contributed by atoms with Gasteiger partial charge in [-0.2, -0.15) is 4.39 Å². The van der Waals surface area contributed by atoms with Crippen molar-refractivity contribution in [2.24, 2.45) is 0 Å². The average Bonchev–Trinajstić information content (AvgIpc) is 2.30. The van der Waals surface area contributed by atoms with Gasteiger partial charge >= 0.3 is 0 Å². The molecule has 4 heteroatoms. The number of pyridine rings is 1. The topological polar surface area (TPSA) is 33.2 Å². The van der Waals surface area contributed by atoms with Gasteiger partial charge in [0.2, 0.25) is 5.95 Å². The maximum absolute atomic E-state index is 12.6. The highest BCUT2D eigenvalue weighted by Gasteiger charge is 2.18. The number of hydrogen-bond acceptors (Lipinski definition) is 2. The van der Waals surface area contributed by atoms with Gasteiger partial charge in [-0.1, -0.05) is 0 Å². The van der Waals surface area contributed by atoms with Crippen molar-refractivity contribution < 1.29 is 9.18 Å². The Morgan fingerprint density at radius 2 is 2.00 bits per heavy atom. The van der Waals surface area contributed by atoms with E-state index >= 15 is 0 Å². The number of likely N-dealkylation sites (tertiary alicyclic amines) is 1. The Morgan fingerprint density at radius 3 is 2.60 bits per heavy atom. The van der Waals surface area contributed by atoms with E-state index in [4.69, 9.17) is 0 Å². The molecule has 1 amide bonds. The fourth-order valence-corrected chi connectivity index (χ4v) is 1.78. The predicted octanol–water partition coefficient (Wildman–Crippen LogP) is 1.85. The van der Waals surface area contributed by atoms with Gasteiger partial charge in [0.25, 0.3) is 5.91 Å². The molecule has 0 aliphatic carbocycles. The second-order valence-electron chi connectivity index (χ2n) is 3.72. The quantitative estimate of drug-likeness (QED) is 0.660. The third-order valence-electron chi connectivity index (χ3n) is 2.62. The van der Waals surface area contributed by atoms with Crippen LogP contribution in [-0.4, -0.2) is 28.9 Å². The standard InChI is InChI=1S/C11H13FN2O/c12-10-5-4-9(8-13-10)11(15)14-6-2-1-3-7-14/h4-5,8H,1-3,6-7H2. The molecule has 0 atom stereocenters. The van der Waals surface area contributed by atoms with Crippen LogP contribution in [0, 0.1) is 5.95 Å². The maximum Gasteiger partial charge on any atom is 0.255 e. The predicted molar refractivity (Wildman–Crippen MR) is 53.9 cm³/mol. The Balaban J connectivity index is 2.09. The lowest BCUT2D eigenvalue weighted by Crippen LogP contribution is -2.35. The van der Waals surface area contributed by atoms with E-state index in [1.807, 2.05) is 0 Å². The van der Waals surface area contributed by atoms with Crippen LogP contribution in [0.25, 0.3) is 0 Å². The first-order chi connectivity index (χ1) is 7.27. The molecule has 1 aromatic heterocycles. The summed E-state index contributed by atoms with van der Waals surface area (Å²) in [5.74, 6) is -0.590. The van der Waals surface area contributed by atoms with Gasteiger partial charge in [-0.05, 0) is 31.4 Å². The average molecular weight is 208 g/mol. The van der Waals surface area contributed by atoms with E-state index in [-0.39, 0.29) is 5.91 Å². The third kappa shape index (κ3) is 2.32. The number of piperidine rings is 1. The summed E-state index contributed by atoms with van der Waals surface area (Å²) in [5, 5.41) is 0. The van der Waals surface area contributed by atoms with Crippen molar-refractivity contribution in [2.45, 2.75) is 19.3 Å². The van der Waals surface area contributed by atoms with Crippen molar-refractivity contribution in [3.63, 3.8) is 0 Å². The summed E-state index contributed by atoms with van der Waals surface area (Å²) in [5.41, 5.74) is 0.471. The summed E-state index contributed by atoms with van der Waals surface area (Å²) in [7, 11) is 0. The molecule has 0 saturated carbocycles. The summed E-state index contributed by atoms with van der Waals surface area (Å²) < 4.78 is 12.6. The number of carbonyl (C=O) groups is 1. The number of carbonyl (C=O) groups excluding carboxylic acids is 1. The van der Waals surface area contributed by atoms with Crippen LogP contribution in [0.15, 0.2) is 18.3 Å². The summed E-state index contributed by atoms with van der Waals surface area (Å²) in [6, 6.07) is 2.70. The van der Waals surface area contributed by atoms with E-state index in [1.54, 1.807) is 4.90 Å². The highest BCUT2D eigenvalue weighted by Crippen LogP contribution is 2.12.